The molecular weight excluding hydrogens is 260 g/mol. The molecule has 6 nitrogen and oxygen atoms in total. The molecule has 0 radical (unpaired) electrons. The predicted molar refractivity (Wildman–Crippen MR) is 69.9 cm³/mol. The van der Waals surface area contributed by atoms with Crippen LogP contribution < -0.4 is 5.32 Å². The van der Waals surface area contributed by atoms with Gasteiger partial charge in [0.1, 0.15) is 24.4 Å². The van der Waals surface area contributed by atoms with Crippen molar-refractivity contribution in [3.8, 4) is 0 Å². The number of imide groups is 1. The highest BCUT2D eigenvalue weighted by Gasteiger charge is 2.34. The minimum absolute atomic E-state index is 0.134. The van der Waals surface area contributed by atoms with E-state index in [-0.39, 0.29) is 12.5 Å². The second-order valence-electron chi connectivity index (χ2n) is 4.67. The van der Waals surface area contributed by atoms with Gasteiger partial charge in [-0.3, -0.25) is 19.7 Å². The van der Waals surface area contributed by atoms with Crippen LogP contribution in [-0.2, 0) is 9.59 Å². The van der Waals surface area contributed by atoms with Gasteiger partial charge in [0.25, 0.3) is 5.91 Å². The van der Waals surface area contributed by atoms with Crippen molar-refractivity contribution >= 4 is 28.7 Å². The lowest BCUT2D eigenvalue weighted by Crippen LogP contribution is -2.58. The lowest BCUT2D eigenvalue weighted by Gasteiger charge is -2.31. The van der Waals surface area contributed by atoms with Gasteiger partial charge in [-0.15, -0.1) is 0 Å². The molecule has 102 valence electrons. The third-order valence-electron chi connectivity index (χ3n) is 3.40. The number of piperazine rings is 1. The number of carbonyl (C=O) groups is 3. The molecule has 20 heavy (non-hydrogen) atoms. The van der Waals surface area contributed by atoms with E-state index in [1.54, 1.807) is 31.2 Å². The quantitative estimate of drug-likeness (QED) is 0.783. The van der Waals surface area contributed by atoms with Crippen molar-refractivity contribution in [2.24, 2.45) is 0 Å². The van der Waals surface area contributed by atoms with Crippen LogP contribution >= 0.6 is 0 Å². The van der Waals surface area contributed by atoms with E-state index in [1.807, 2.05) is 0 Å². The number of benzene rings is 1. The number of nitrogens with zero attached hydrogens (tertiary/aromatic N) is 1. The molecule has 1 unspecified atom stereocenters. The van der Waals surface area contributed by atoms with Gasteiger partial charge in [-0.05, 0) is 13.0 Å². The number of hydrogen-bond acceptors (Lipinski definition) is 4. The maximum Gasteiger partial charge on any atom is 0.258 e. The van der Waals surface area contributed by atoms with Crippen molar-refractivity contribution in [3.63, 3.8) is 0 Å². The van der Waals surface area contributed by atoms with Gasteiger partial charge >= 0.3 is 0 Å². The Bertz CT molecular complexity index is 719. The van der Waals surface area contributed by atoms with E-state index < -0.39 is 17.9 Å². The molecule has 3 amide bonds. The second-order valence-corrected chi connectivity index (χ2v) is 4.67. The van der Waals surface area contributed by atoms with E-state index in [0.717, 1.165) is 0 Å². The lowest BCUT2D eigenvalue weighted by molar-refractivity contribution is -0.138. The van der Waals surface area contributed by atoms with E-state index in [9.17, 15) is 14.4 Å². The zero-order chi connectivity index (χ0) is 14.3. The highest BCUT2D eigenvalue weighted by Crippen LogP contribution is 2.23. The fourth-order valence-corrected chi connectivity index (χ4v) is 2.26. The maximum atomic E-state index is 12.5. The standard InChI is InChI=1S/C14H12N2O4/c1-8-13(18)15-12(17)6-16(8)14(19)10-7-20-11-5-3-2-4-9(10)11/h2-5,7-8H,6H2,1H3,(H,15,17,18). The first-order valence-corrected chi connectivity index (χ1v) is 6.19. The Kier molecular flexibility index (Phi) is 2.78. The molecule has 1 aromatic carbocycles. The van der Waals surface area contributed by atoms with Gasteiger partial charge in [0.05, 0.1) is 5.56 Å². The number of carbonyl (C=O) groups excluding carboxylic acids is 3. The Morgan fingerprint density at radius 3 is 2.90 bits per heavy atom. The molecule has 1 atom stereocenters. The van der Waals surface area contributed by atoms with Gasteiger partial charge in [0.15, 0.2) is 0 Å². The first-order chi connectivity index (χ1) is 9.58. The van der Waals surface area contributed by atoms with Gasteiger partial charge in [-0.25, -0.2) is 0 Å². The molecule has 6 heteroatoms. The minimum atomic E-state index is -0.686. The Morgan fingerprint density at radius 1 is 1.35 bits per heavy atom. The molecule has 1 aliphatic heterocycles. The first kappa shape index (κ1) is 12.4. The zero-order valence-corrected chi connectivity index (χ0v) is 10.8. The summed E-state index contributed by atoms with van der Waals surface area (Å²) in [6, 6.07) is 6.44. The molecule has 0 bridgehead atoms. The van der Waals surface area contributed by atoms with E-state index in [2.05, 4.69) is 5.32 Å². The average molecular weight is 272 g/mol. The summed E-state index contributed by atoms with van der Waals surface area (Å²) in [4.78, 5) is 36.8. The number of amides is 3. The molecule has 2 heterocycles. The number of hydrogen-bond donors (Lipinski definition) is 1. The molecule has 1 saturated heterocycles. The van der Waals surface area contributed by atoms with Crippen LogP contribution in [0.5, 0.6) is 0 Å². The Morgan fingerprint density at radius 2 is 2.10 bits per heavy atom. The molecule has 1 aromatic heterocycles. The van der Waals surface area contributed by atoms with Crippen LogP contribution in [-0.4, -0.2) is 35.2 Å². The van der Waals surface area contributed by atoms with Crippen LogP contribution in [0.15, 0.2) is 34.9 Å². The maximum absolute atomic E-state index is 12.5. The van der Waals surface area contributed by atoms with Crippen molar-refractivity contribution in [2.75, 3.05) is 6.54 Å². The summed E-state index contributed by atoms with van der Waals surface area (Å²) in [5.74, 6) is -1.33. The lowest BCUT2D eigenvalue weighted by atomic mass is 10.1. The van der Waals surface area contributed by atoms with Gasteiger partial charge < -0.3 is 9.32 Å². The number of para-hydroxylation sites is 1. The molecule has 0 spiro atoms. The van der Waals surface area contributed by atoms with Crippen molar-refractivity contribution < 1.29 is 18.8 Å². The normalized spacial score (nSPS) is 19.2. The second kappa shape index (κ2) is 4.48. The van der Waals surface area contributed by atoms with Crippen molar-refractivity contribution in [1.29, 1.82) is 0 Å². The van der Waals surface area contributed by atoms with Gasteiger partial charge in [-0.1, -0.05) is 18.2 Å². The predicted octanol–water partition coefficient (Wildman–Crippen LogP) is 0.920. The number of furan rings is 1. The molecule has 1 N–H and O–H groups in total. The van der Waals surface area contributed by atoms with Crippen LogP contribution in [0.3, 0.4) is 0 Å². The summed E-state index contributed by atoms with van der Waals surface area (Å²) in [6.45, 7) is 1.45. The molecular formula is C14H12N2O4. The van der Waals surface area contributed by atoms with E-state index in [0.29, 0.717) is 16.5 Å². The smallest absolute Gasteiger partial charge is 0.258 e. The Hall–Kier alpha value is -2.63. The number of rotatable bonds is 1. The van der Waals surface area contributed by atoms with Crippen molar-refractivity contribution in [1.82, 2.24) is 10.2 Å². The average Bonchev–Trinajstić information content (AvgIpc) is 2.86. The molecule has 2 aromatic rings. The monoisotopic (exact) mass is 272 g/mol. The van der Waals surface area contributed by atoms with Crippen molar-refractivity contribution in [2.45, 2.75) is 13.0 Å². The third kappa shape index (κ3) is 1.85. The van der Waals surface area contributed by atoms with Crippen LogP contribution in [0.25, 0.3) is 11.0 Å². The van der Waals surface area contributed by atoms with Gasteiger partial charge in [-0.2, -0.15) is 0 Å². The largest absolute Gasteiger partial charge is 0.463 e. The van der Waals surface area contributed by atoms with Crippen LogP contribution in [0.4, 0.5) is 0 Å². The van der Waals surface area contributed by atoms with E-state index >= 15 is 0 Å². The molecule has 0 saturated carbocycles. The van der Waals surface area contributed by atoms with E-state index in [1.165, 1.54) is 11.2 Å². The van der Waals surface area contributed by atoms with Crippen LogP contribution in [0.2, 0.25) is 0 Å². The summed E-state index contributed by atoms with van der Waals surface area (Å²) in [5.41, 5.74) is 0.950. The van der Waals surface area contributed by atoms with Crippen LogP contribution in [0.1, 0.15) is 17.3 Å². The highest BCUT2D eigenvalue weighted by atomic mass is 16.3. The van der Waals surface area contributed by atoms with Gasteiger partial charge in [0, 0.05) is 5.39 Å². The fourth-order valence-electron chi connectivity index (χ4n) is 2.26. The fraction of sp³-hybridized carbons (Fsp3) is 0.214. The summed E-state index contributed by atoms with van der Waals surface area (Å²) in [7, 11) is 0. The molecule has 3 rings (SSSR count). The number of nitrogens with one attached hydrogen (secondary N) is 1. The zero-order valence-electron chi connectivity index (χ0n) is 10.8. The first-order valence-electron chi connectivity index (χ1n) is 6.19. The minimum Gasteiger partial charge on any atom is -0.463 e. The Balaban J connectivity index is 1.99. The molecule has 1 fully saturated rings. The summed E-state index contributed by atoms with van der Waals surface area (Å²) < 4.78 is 5.32. The summed E-state index contributed by atoms with van der Waals surface area (Å²) in [6.07, 6.45) is 1.36. The van der Waals surface area contributed by atoms with Crippen LogP contribution in [0, 0.1) is 0 Å². The topological polar surface area (TPSA) is 79.6 Å². The molecule has 0 aliphatic carbocycles. The SMILES string of the molecule is CC1C(=O)NC(=O)CN1C(=O)c1coc2ccccc12. The van der Waals surface area contributed by atoms with Crippen molar-refractivity contribution in [3.05, 3.63) is 36.1 Å². The van der Waals surface area contributed by atoms with Gasteiger partial charge in [0.2, 0.25) is 11.8 Å². The highest BCUT2D eigenvalue weighted by molar-refractivity contribution is 6.11. The summed E-state index contributed by atoms with van der Waals surface area (Å²) in [5, 5.41) is 2.87. The molecule has 1 aliphatic rings. The third-order valence-corrected chi connectivity index (χ3v) is 3.40. The number of fused-ring (bicyclic) bond motifs is 1. The Labute approximate surface area is 114 Å². The van der Waals surface area contributed by atoms with E-state index in [4.69, 9.17) is 4.42 Å². The summed E-state index contributed by atoms with van der Waals surface area (Å²) >= 11 is 0.